The SMILES string of the molecule is CNCCCCc1cc(Cl)c(N)c(Cl)c1.Cl.Cl. The predicted molar refractivity (Wildman–Crippen MR) is 82.2 cm³/mol. The van der Waals surface area contributed by atoms with E-state index in [1.54, 1.807) is 0 Å². The number of nitrogen functional groups attached to an aromatic ring is 1. The standard InChI is InChI=1S/C11H16Cl2N2.2ClH/c1-15-5-3-2-4-8-6-9(12)11(14)10(13)7-8;;/h6-7,15H,2-5,14H2,1H3;2*1H. The topological polar surface area (TPSA) is 38.0 Å². The second kappa shape index (κ2) is 10.1. The molecule has 0 aliphatic heterocycles. The van der Waals surface area contributed by atoms with Gasteiger partial charge in [-0.15, -0.1) is 24.8 Å². The average molecular weight is 320 g/mol. The molecule has 0 radical (unpaired) electrons. The first-order valence-electron chi connectivity index (χ1n) is 5.03. The van der Waals surface area contributed by atoms with Gasteiger partial charge in [-0.25, -0.2) is 0 Å². The van der Waals surface area contributed by atoms with Crippen LogP contribution in [0.15, 0.2) is 12.1 Å². The van der Waals surface area contributed by atoms with Gasteiger partial charge in [0.25, 0.3) is 0 Å². The van der Waals surface area contributed by atoms with Crippen LogP contribution in [0.3, 0.4) is 0 Å². The minimum Gasteiger partial charge on any atom is -0.396 e. The molecule has 0 amide bonds. The molecule has 0 bridgehead atoms. The lowest BCUT2D eigenvalue weighted by Gasteiger charge is -2.06. The Morgan fingerprint density at radius 2 is 1.65 bits per heavy atom. The van der Waals surface area contributed by atoms with Crippen LogP contribution in [0.4, 0.5) is 5.69 Å². The van der Waals surface area contributed by atoms with E-state index in [0.717, 1.165) is 31.4 Å². The van der Waals surface area contributed by atoms with Crippen LogP contribution >= 0.6 is 48.0 Å². The lowest BCUT2D eigenvalue weighted by atomic mass is 10.1. The smallest absolute Gasteiger partial charge is 0.0693 e. The van der Waals surface area contributed by atoms with Crippen LogP contribution in [0.2, 0.25) is 10.0 Å². The van der Waals surface area contributed by atoms with Gasteiger partial charge in [0.1, 0.15) is 0 Å². The van der Waals surface area contributed by atoms with Crippen molar-refractivity contribution in [3.63, 3.8) is 0 Å². The molecule has 0 unspecified atom stereocenters. The first-order valence-corrected chi connectivity index (χ1v) is 5.78. The fraction of sp³-hybridized carbons (Fsp3) is 0.455. The minimum atomic E-state index is 0. The van der Waals surface area contributed by atoms with Gasteiger partial charge in [-0.2, -0.15) is 0 Å². The van der Waals surface area contributed by atoms with Crippen molar-refractivity contribution >= 4 is 53.7 Å². The van der Waals surface area contributed by atoms with Crippen LogP contribution in [0.5, 0.6) is 0 Å². The Hall–Kier alpha value is 0.140. The number of aryl methyl sites for hydroxylation is 1. The fourth-order valence-electron chi connectivity index (χ4n) is 1.41. The number of hydrogen-bond donors (Lipinski definition) is 2. The molecule has 100 valence electrons. The van der Waals surface area contributed by atoms with Gasteiger partial charge in [0.15, 0.2) is 0 Å². The summed E-state index contributed by atoms with van der Waals surface area (Å²) in [6.07, 6.45) is 3.26. The molecule has 0 saturated carbocycles. The van der Waals surface area contributed by atoms with Crippen molar-refractivity contribution in [1.82, 2.24) is 5.32 Å². The van der Waals surface area contributed by atoms with Crippen molar-refractivity contribution in [2.75, 3.05) is 19.3 Å². The fourth-order valence-corrected chi connectivity index (χ4v) is 1.94. The number of halogens is 4. The van der Waals surface area contributed by atoms with E-state index in [9.17, 15) is 0 Å². The van der Waals surface area contributed by atoms with Gasteiger partial charge in [0.05, 0.1) is 15.7 Å². The van der Waals surface area contributed by atoms with Crippen LogP contribution in [-0.2, 0) is 6.42 Å². The Kier molecular flexibility index (Phi) is 11.6. The summed E-state index contributed by atoms with van der Waals surface area (Å²) >= 11 is 11.9. The van der Waals surface area contributed by atoms with Crippen LogP contribution in [0.1, 0.15) is 18.4 Å². The van der Waals surface area contributed by atoms with Crippen molar-refractivity contribution in [2.45, 2.75) is 19.3 Å². The largest absolute Gasteiger partial charge is 0.396 e. The van der Waals surface area contributed by atoms with Crippen molar-refractivity contribution in [1.29, 1.82) is 0 Å². The normalized spacial score (nSPS) is 9.35. The molecule has 0 aromatic heterocycles. The summed E-state index contributed by atoms with van der Waals surface area (Å²) in [6.45, 7) is 1.04. The number of unbranched alkanes of at least 4 members (excludes halogenated alkanes) is 1. The van der Waals surface area contributed by atoms with Gasteiger partial charge in [-0.1, -0.05) is 23.2 Å². The molecule has 0 heterocycles. The summed E-state index contributed by atoms with van der Waals surface area (Å²) in [4.78, 5) is 0. The zero-order valence-electron chi connectivity index (χ0n) is 9.63. The summed E-state index contributed by atoms with van der Waals surface area (Å²) in [5.41, 5.74) is 7.27. The third-order valence-corrected chi connectivity index (χ3v) is 2.91. The van der Waals surface area contributed by atoms with Gasteiger partial charge < -0.3 is 11.1 Å². The van der Waals surface area contributed by atoms with Gasteiger partial charge in [-0.05, 0) is 50.6 Å². The molecule has 1 aromatic rings. The molecule has 0 aliphatic rings. The highest BCUT2D eigenvalue weighted by Crippen LogP contribution is 2.29. The quantitative estimate of drug-likeness (QED) is 0.636. The number of hydrogen-bond acceptors (Lipinski definition) is 2. The van der Waals surface area contributed by atoms with Gasteiger partial charge in [0, 0.05) is 0 Å². The molecular weight excluding hydrogens is 302 g/mol. The van der Waals surface area contributed by atoms with Gasteiger partial charge in [0.2, 0.25) is 0 Å². The average Bonchev–Trinajstić information content (AvgIpc) is 2.21. The van der Waals surface area contributed by atoms with E-state index in [1.807, 2.05) is 19.2 Å². The summed E-state index contributed by atoms with van der Waals surface area (Å²) in [5.74, 6) is 0. The lowest BCUT2D eigenvalue weighted by molar-refractivity contribution is 0.677. The van der Waals surface area contributed by atoms with Crippen molar-refractivity contribution in [3.8, 4) is 0 Å². The highest BCUT2D eigenvalue weighted by atomic mass is 35.5. The van der Waals surface area contributed by atoms with Gasteiger partial charge in [-0.3, -0.25) is 0 Å². The number of anilines is 1. The van der Waals surface area contributed by atoms with Crippen LogP contribution in [0.25, 0.3) is 0 Å². The molecule has 2 nitrogen and oxygen atoms in total. The monoisotopic (exact) mass is 318 g/mol. The molecule has 0 spiro atoms. The lowest BCUT2D eigenvalue weighted by Crippen LogP contribution is -2.07. The van der Waals surface area contributed by atoms with E-state index in [4.69, 9.17) is 28.9 Å². The molecule has 0 saturated heterocycles. The zero-order chi connectivity index (χ0) is 11.3. The number of nitrogens with two attached hydrogens (primary N) is 1. The first kappa shape index (κ1) is 19.5. The van der Waals surface area contributed by atoms with E-state index in [0.29, 0.717) is 15.7 Å². The third kappa shape index (κ3) is 6.58. The Labute approximate surface area is 125 Å². The Morgan fingerprint density at radius 3 is 2.12 bits per heavy atom. The van der Waals surface area contributed by atoms with Crippen molar-refractivity contribution < 1.29 is 0 Å². The van der Waals surface area contributed by atoms with E-state index in [2.05, 4.69) is 5.32 Å². The molecule has 0 fully saturated rings. The Balaban J connectivity index is 0. The summed E-state index contributed by atoms with van der Waals surface area (Å²) in [6, 6.07) is 3.78. The molecule has 1 rings (SSSR count). The highest BCUT2D eigenvalue weighted by molar-refractivity contribution is 6.38. The second-order valence-electron chi connectivity index (χ2n) is 3.53. The molecule has 6 heteroatoms. The maximum atomic E-state index is 5.94. The molecule has 0 atom stereocenters. The third-order valence-electron chi connectivity index (χ3n) is 2.28. The molecule has 3 N–H and O–H groups in total. The van der Waals surface area contributed by atoms with Crippen LogP contribution in [0, 0.1) is 0 Å². The van der Waals surface area contributed by atoms with Crippen LogP contribution < -0.4 is 11.1 Å². The molecular formula is C11H18Cl4N2. The van der Waals surface area contributed by atoms with E-state index in [-0.39, 0.29) is 24.8 Å². The number of nitrogens with one attached hydrogen (secondary N) is 1. The van der Waals surface area contributed by atoms with Crippen LogP contribution in [-0.4, -0.2) is 13.6 Å². The number of rotatable bonds is 5. The zero-order valence-corrected chi connectivity index (χ0v) is 12.8. The summed E-state index contributed by atoms with van der Waals surface area (Å²) in [7, 11) is 1.96. The number of benzene rings is 1. The molecule has 0 aliphatic carbocycles. The second-order valence-corrected chi connectivity index (χ2v) is 4.35. The van der Waals surface area contributed by atoms with Crippen molar-refractivity contribution in [3.05, 3.63) is 27.7 Å². The maximum Gasteiger partial charge on any atom is 0.0693 e. The summed E-state index contributed by atoms with van der Waals surface area (Å²) in [5, 5.41) is 4.21. The van der Waals surface area contributed by atoms with E-state index in [1.165, 1.54) is 0 Å². The van der Waals surface area contributed by atoms with Gasteiger partial charge >= 0.3 is 0 Å². The van der Waals surface area contributed by atoms with E-state index >= 15 is 0 Å². The van der Waals surface area contributed by atoms with E-state index < -0.39 is 0 Å². The summed E-state index contributed by atoms with van der Waals surface area (Å²) < 4.78 is 0. The maximum absolute atomic E-state index is 5.94. The minimum absolute atomic E-state index is 0. The first-order chi connectivity index (χ1) is 7.15. The predicted octanol–water partition coefficient (Wildman–Crippen LogP) is 3.96. The Bertz CT molecular complexity index is 308. The highest BCUT2D eigenvalue weighted by Gasteiger charge is 2.04. The van der Waals surface area contributed by atoms with Crippen molar-refractivity contribution in [2.24, 2.45) is 0 Å². The molecule has 1 aromatic carbocycles. The molecule has 17 heavy (non-hydrogen) atoms. The Morgan fingerprint density at radius 1 is 1.12 bits per heavy atom.